The van der Waals surface area contributed by atoms with Crippen LogP contribution < -0.4 is 10.6 Å². The third-order valence-electron chi connectivity index (χ3n) is 5.14. The molecule has 0 radical (unpaired) electrons. The van der Waals surface area contributed by atoms with Crippen LogP contribution in [0, 0.1) is 5.41 Å². The van der Waals surface area contributed by atoms with Crippen molar-refractivity contribution >= 4 is 28.6 Å². The average molecular weight is 342 g/mol. The topological polar surface area (TPSA) is 104 Å². The van der Waals surface area contributed by atoms with Gasteiger partial charge in [0.1, 0.15) is 12.1 Å². The van der Waals surface area contributed by atoms with E-state index in [1.165, 1.54) is 6.33 Å². The summed E-state index contributed by atoms with van der Waals surface area (Å²) in [5.74, 6) is -0.434. The summed E-state index contributed by atoms with van der Waals surface area (Å²) in [5, 5.41) is 16.3. The number of fused-ring (bicyclic) bond motifs is 1. The first-order valence-electron chi connectivity index (χ1n) is 8.42. The molecule has 0 bridgehead atoms. The molecule has 25 heavy (non-hydrogen) atoms. The van der Waals surface area contributed by atoms with Crippen LogP contribution in [0.3, 0.4) is 0 Å². The molecule has 1 aromatic heterocycles. The number of hydrogen-bond acceptors (Lipinski definition) is 5. The molecule has 1 heterocycles. The minimum Gasteiger partial charge on any atom is -0.481 e. The molecule has 1 saturated carbocycles. The first-order chi connectivity index (χ1) is 12.0. The molecule has 7 heteroatoms. The summed E-state index contributed by atoms with van der Waals surface area (Å²) in [4.78, 5) is 32.7. The van der Waals surface area contributed by atoms with E-state index in [1.807, 2.05) is 0 Å². The molecular formula is C18H22N4O3. The maximum atomic E-state index is 12.7. The highest BCUT2D eigenvalue weighted by molar-refractivity contribution is 6.00. The highest BCUT2D eigenvalue weighted by atomic mass is 16.4. The summed E-state index contributed by atoms with van der Waals surface area (Å²) in [6.45, 7) is 1.71. The third-order valence-corrected chi connectivity index (χ3v) is 5.14. The number of hydrogen-bond donors (Lipinski definition) is 3. The zero-order valence-electron chi connectivity index (χ0n) is 14.4. The van der Waals surface area contributed by atoms with Crippen molar-refractivity contribution in [2.75, 3.05) is 12.4 Å². The van der Waals surface area contributed by atoms with Gasteiger partial charge in [0.2, 0.25) is 0 Å². The fraction of sp³-hybridized carbons (Fsp3) is 0.444. The van der Waals surface area contributed by atoms with E-state index in [2.05, 4.69) is 20.6 Å². The molecule has 1 aliphatic carbocycles. The van der Waals surface area contributed by atoms with Gasteiger partial charge in [-0.1, -0.05) is 12.8 Å². The number of amides is 1. The number of carboxylic acids is 1. The van der Waals surface area contributed by atoms with Crippen LogP contribution in [0.1, 0.15) is 43.0 Å². The van der Waals surface area contributed by atoms with E-state index in [9.17, 15) is 14.7 Å². The number of carboxylic acid groups (broad SMARTS) is 1. The number of nitrogens with zero attached hydrogens (tertiary/aromatic N) is 2. The Morgan fingerprint density at radius 1 is 1.28 bits per heavy atom. The van der Waals surface area contributed by atoms with Crippen LogP contribution in [-0.4, -0.2) is 40.0 Å². The predicted octanol–water partition coefficient (Wildman–Crippen LogP) is 2.43. The van der Waals surface area contributed by atoms with Gasteiger partial charge < -0.3 is 15.7 Å². The molecule has 0 spiro atoms. The zero-order valence-corrected chi connectivity index (χ0v) is 14.4. The van der Waals surface area contributed by atoms with E-state index in [4.69, 9.17) is 0 Å². The number of aromatic nitrogens is 2. The van der Waals surface area contributed by atoms with E-state index in [0.29, 0.717) is 29.7 Å². The molecular weight excluding hydrogens is 320 g/mol. The first kappa shape index (κ1) is 17.1. The van der Waals surface area contributed by atoms with Gasteiger partial charge in [0.05, 0.1) is 10.9 Å². The van der Waals surface area contributed by atoms with Gasteiger partial charge in [-0.3, -0.25) is 9.59 Å². The van der Waals surface area contributed by atoms with Crippen molar-refractivity contribution in [3.05, 3.63) is 30.1 Å². The van der Waals surface area contributed by atoms with Crippen molar-refractivity contribution in [2.45, 2.75) is 38.6 Å². The van der Waals surface area contributed by atoms with Crippen molar-refractivity contribution in [3.63, 3.8) is 0 Å². The number of carbonyl (C=O) groups excluding carboxylic acids is 1. The molecule has 3 N–H and O–H groups in total. The van der Waals surface area contributed by atoms with Crippen LogP contribution >= 0.6 is 0 Å². The Morgan fingerprint density at radius 2 is 2.08 bits per heavy atom. The number of nitrogens with one attached hydrogen (secondary N) is 2. The van der Waals surface area contributed by atoms with Crippen LogP contribution in [0.15, 0.2) is 24.5 Å². The predicted molar refractivity (Wildman–Crippen MR) is 94.5 cm³/mol. The van der Waals surface area contributed by atoms with E-state index in [1.54, 1.807) is 32.2 Å². The highest BCUT2D eigenvalue weighted by Gasteiger charge is 2.43. The molecule has 1 aliphatic rings. The summed E-state index contributed by atoms with van der Waals surface area (Å²) in [5.41, 5.74) is 0.204. The summed E-state index contributed by atoms with van der Waals surface area (Å²) in [7, 11) is 1.78. The van der Waals surface area contributed by atoms with Crippen LogP contribution in [0.4, 0.5) is 5.82 Å². The molecule has 132 valence electrons. The van der Waals surface area contributed by atoms with Crippen LogP contribution in [0.2, 0.25) is 0 Å². The third kappa shape index (κ3) is 3.14. The van der Waals surface area contributed by atoms with Crippen molar-refractivity contribution in [2.24, 2.45) is 5.41 Å². The Balaban J connectivity index is 1.85. The lowest BCUT2D eigenvalue weighted by molar-refractivity contribution is -0.151. The zero-order chi connectivity index (χ0) is 18.0. The highest BCUT2D eigenvalue weighted by Crippen LogP contribution is 2.36. The molecule has 1 fully saturated rings. The van der Waals surface area contributed by atoms with Crippen molar-refractivity contribution in [1.82, 2.24) is 15.3 Å². The molecule has 2 atom stereocenters. The Kier molecular flexibility index (Phi) is 4.57. The molecule has 1 amide bonds. The second-order valence-corrected chi connectivity index (χ2v) is 6.70. The second kappa shape index (κ2) is 6.66. The maximum absolute atomic E-state index is 12.7. The Labute approximate surface area is 145 Å². The second-order valence-electron chi connectivity index (χ2n) is 6.70. The minimum absolute atomic E-state index is 0.272. The summed E-state index contributed by atoms with van der Waals surface area (Å²) >= 11 is 0. The van der Waals surface area contributed by atoms with Gasteiger partial charge in [0.25, 0.3) is 5.91 Å². The Morgan fingerprint density at radius 3 is 2.80 bits per heavy atom. The standard InChI is InChI=1S/C18H22N4O3/c1-18(17(24)25)8-4-3-5-14(18)22-16(23)11-6-7-12-13(9-11)20-10-21-15(12)19-2/h6-7,9-10,14H,3-5,8H2,1-2H3,(H,22,23)(H,24,25)(H,19,20,21). The van der Waals surface area contributed by atoms with Crippen molar-refractivity contribution in [1.29, 1.82) is 0 Å². The van der Waals surface area contributed by atoms with Gasteiger partial charge in [-0.05, 0) is 38.0 Å². The van der Waals surface area contributed by atoms with Crippen molar-refractivity contribution < 1.29 is 14.7 Å². The summed E-state index contributed by atoms with van der Waals surface area (Å²) in [6, 6.07) is 4.84. The first-order valence-corrected chi connectivity index (χ1v) is 8.42. The molecule has 2 unspecified atom stereocenters. The van der Waals surface area contributed by atoms with Gasteiger partial charge >= 0.3 is 5.97 Å². The van der Waals surface area contributed by atoms with E-state index >= 15 is 0 Å². The molecule has 7 nitrogen and oxygen atoms in total. The van der Waals surface area contributed by atoms with Gasteiger partial charge in [0.15, 0.2) is 0 Å². The number of carbonyl (C=O) groups is 2. The van der Waals surface area contributed by atoms with Crippen LogP contribution in [-0.2, 0) is 4.79 Å². The number of aliphatic carboxylic acids is 1. The lowest BCUT2D eigenvalue weighted by Crippen LogP contribution is -2.52. The van der Waals surface area contributed by atoms with E-state index in [0.717, 1.165) is 18.2 Å². The quantitative estimate of drug-likeness (QED) is 0.788. The summed E-state index contributed by atoms with van der Waals surface area (Å²) in [6.07, 6.45) is 4.48. The smallest absolute Gasteiger partial charge is 0.311 e. The monoisotopic (exact) mass is 342 g/mol. The number of rotatable bonds is 4. The Bertz CT molecular complexity index is 823. The van der Waals surface area contributed by atoms with E-state index < -0.39 is 11.4 Å². The largest absolute Gasteiger partial charge is 0.481 e. The van der Waals surface area contributed by atoms with E-state index in [-0.39, 0.29) is 11.9 Å². The number of anilines is 1. The minimum atomic E-state index is -0.924. The average Bonchev–Trinajstić information content (AvgIpc) is 2.62. The lowest BCUT2D eigenvalue weighted by Gasteiger charge is -2.38. The van der Waals surface area contributed by atoms with Gasteiger partial charge in [0, 0.05) is 24.0 Å². The number of benzene rings is 1. The van der Waals surface area contributed by atoms with Crippen LogP contribution in [0.5, 0.6) is 0 Å². The molecule has 3 rings (SSSR count). The lowest BCUT2D eigenvalue weighted by atomic mass is 9.71. The SMILES string of the molecule is CNc1ncnc2cc(C(=O)NC3CCCCC3(C)C(=O)O)ccc12. The fourth-order valence-electron chi connectivity index (χ4n) is 3.46. The Hall–Kier alpha value is -2.70. The molecule has 0 saturated heterocycles. The van der Waals surface area contributed by atoms with Gasteiger partial charge in [-0.25, -0.2) is 9.97 Å². The van der Waals surface area contributed by atoms with Crippen LogP contribution in [0.25, 0.3) is 10.9 Å². The molecule has 2 aromatic rings. The van der Waals surface area contributed by atoms with Gasteiger partial charge in [-0.2, -0.15) is 0 Å². The summed E-state index contributed by atoms with van der Waals surface area (Å²) < 4.78 is 0. The fourth-order valence-corrected chi connectivity index (χ4v) is 3.46. The molecule has 0 aliphatic heterocycles. The molecule has 1 aromatic carbocycles. The normalized spacial score (nSPS) is 23.2. The van der Waals surface area contributed by atoms with Crippen molar-refractivity contribution in [3.8, 4) is 0 Å². The van der Waals surface area contributed by atoms with Gasteiger partial charge in [-0.15, -0.1) is 0 Å². The maximum Gasteiger partial charge on any atom is 0.311 e.